The maximum atomic E-state index is 13.1. The van der Waals surface area contributed by atoms with Gasteiger partial charge in [-0.25, -0.2) is 4.39 Å². The molecule has 0 aliphatic heterocycles. The van der Waals surface area contributed by atoms with Gasteiger partial charge in [0.2, 0.25) is 0 Å². The van der Waals surface area contributed by atoms with Gasteiger partial charge >= 0.3 is 0 Å². The fraction of sp³-hybridized carbons (Fsp3) is 0.100. The summed E-state index contributed by atoms with van der Waals surface area (Å²) in [6.45, 7) is 1.78. The number of hydrogen-bond acceptors (Lipinski definition) is 2. The van der Waals surface area contributed by atoms with Crippen LogP contribution in [0.5, 0.6) is 0 Å². The van der Waals surface area contributed by atoms with E-state index in [2.05, 4.69) is 0 Å². The van der Waals surface area contributed by atoms with Crippen LogP contribution in [0.25, 0.3) is 6.08 Å². The molecule has 1 rings (SSSR count). The summed E-state index contributed by atoms with van der Waals surface area (Å²) in [5.74, 6) is -0.416. The number of allylic oxidation sites excluding steroid dienone is 1. The van der Waals surface area contributed by atoms with Crippen LogP contribution < -0.4 is 5.73 Å². The molecule has 0 amide bonds. The van der Waals surface area contributed by atoms with Gasteiger partial charge in [-0.3, -0.25) is 4.79 Å². The third-order valence-electron chi connectivity index (χ3n) is 1.74. The zero-order chi connectivity index (χ0) is 9.84. The predicted molar refractivity (Wildman–Crippen MR) is 50.6 cm³/mol. The third-order valence-corrected chi connectivity index (χ3v) is 1.74. The highest BCUT2D eigenvalue weighted by Crippen LogP contribution is 2.17. The Bertz CT molecular complexity index is 358. The number of aldehydes is 1. The normalized spacial score (nSPS) is 10.6. The lowest BCUT2D eigenvalue weighted by Gasteiger charge is -2.02. The van der Waals surface area contributed by atoms with E-state index < -0.39 is 5.82 Å². The van der Waals surface area contributed by atoms with Gasteiger partial charge in [0.25, 0.3) is 0 Å². The van der Waals surface area contributed by atoms with Gasteiger partial charge < -0.3 is 5.73 Å². The molecule has 2 nitrogen and oxygen atoms in total. The zero-order valence-electron chi connectivity index (χ0n) is 7.25. The molecule has 0 atom stereocenters. The molecule has 3 heteroatoms. The molecule has 0 heterocycles. The Labute approximate surface area is 75.9 Å². The van der Waals surface area contributed by atoms with Crippen LogP contribution in [0.4, 0.5) is 10.1 Å². The lowest BCUT2D eigenvalue weighted by atomic mass is 10.1. The highest BCUT2D eigenvalue weighted by molar-refractivity contribution is 5.74. The maximum Gasteiger partial charge on any atom is 0.142 e. The summed E-state index contributed by atoms with van der Waals surface area (Å²) in [6.07, 6.45) is 3.26. The van der Waals surface area contributed by atoms with Crippen LogP contribution in [0.15, 0.2) is 18.2 Å². The first-order chi connectivity index (χ1) is 6.15. The van der Waals surface area contributed by atoms with Crippen LogP contribution in [0.2, 0.25) is 0 Å². The molecular weight excluding hydrogens is 169 g/mol. The molecule has 0 radical (unpaired) electrons. The monoisotopic (exact) mass is 179 g/mol. The Morgan fingerprint density at radius 1 is 1.46 bits per heavy atom. The van der Waals surface area contributed by atoms with Gasteiger partial charge in [0.05, 0.1) is 0 Å². The van der Waals surface area contributed by atoms with E-state index in [1.54, 1.807) is 13.0 Å². The van der Waals surface area contributed by atoms with Crippen molar-refractivity contribution in [3.05, 3.63) is 35.2 Å². The number of benzene rings is 1. The van der Waals surface area contributed by atoms with E-state index in [1.165, 1.54) is 18.2 Å². The predicted octanol–water partition coefficient (Wildman–Crippen LogP) is 1.93. The minimum absolute atomic E-state index is 0.374. The molecule has 13 heavy (non-hydrogen) atoms. The Morgan fingerprint density at radius 2 is 2.15 bits per heavy atom. The van der Waals surface area contributed by atoms with Crippen molar-refractivity contribution < 1.29 is 9.18 Å². The average Bonchev–Trinajstić information content (AvgIpc) is 2.09. The second-order valence-electron chi connectivity index (χ2n) is 2.73. The third kappa shape index (κ3) is 2.15. The number of carbonyl (C=O) groups excluding carboxylic acids is 1. The summed E-state index contributed by atoms with van der Waals surface area (Å²) in [4.78, 5) is 10.0. The fourth-order valence-electron chi connectivity index (χ4n) is 0.990. The van der Waals surface area contributed by atoms with E-state index in [9.17, 15) is 9.18 Å². The second kappa shape index (κ2) is 3.85. The zero-order valence-corrected chi connectivity index (χ0v) is 7.25. The van der Waals surface area contributed by atoms with Gasteiger partial charge in [0.1, 0.15) is 12.1 Å². The largest absolute Gasteiger partial charge is 0.398 e. The van der Waals surface area contributed by atoms with Crippen LogP contribution in [-0.4, -0.2) is 6.29 Å². The van der Waals surface area contributed by atoms with Crippen molar-refractivity contribution >= 4 is 18.0 Å². The van der Waals surface area contributed by atoms with Crippen LogP contribution in [0.3, 0.4) is 0 Å². The van der Waals surface area contributed by atoms with Crippen molar-refractivity contribution in [2.45, 2.75) is 6.92 Å². The first-order valence-corrected chi connectivity index (χ1v) is 3.82. The Kier molecular flexibility index (Phi) is 2.80. The number of carbonyl (C=O) groups is 1. The van der Waals surface area contributed by atoms with Crippen molar-refractivity contribution in [1.82, 2.24) is 0 Å². The van der Waals surface area contributed by atoms with Crippen molar-refractivity contribution in [1.29, 1.82) is 0 Å². The minimum Gasteiger partial charge on any atom is -0.398 e. The van der Waals surface area contributed by atoms with Gasteiger partial charge in [0, 0.05) is 11.3 Å². The summed E-state index contributed by atoms with van der Waals surface area (Å²) in [5, 5.41) is 0. The number of hydrogen-bond donors (Lipinski definition) is 1. The molecule has 0 spiro atoms. The first kappa shape index (κ1) is 9.45. The van der Waals surface area contributed by atoms with Gasteiger partial charge in [-0.15, -0.1) is 0 Å². The van der Waals surface area contributed by atoms with E-state index in [0.717, 1.165) is 5.56 Å². The lowest BCUT2D eigenvalue weighted by molar-refractivity contribution is -0.104. The highest BCUT2D eigenvalue weighted by atomic mass is 19.1. The van der Waals surface area contributed by atoms with Crippen molar-refractivity contribution in [2.75, 3.05) is 5.73 Å². The van der Waals surface area contributed by atoms with E-state index in [1.807, 2.05) is 0 Å². The second-order valence-corrected chi connectivity index (χ2v) is 2.73. The Hall–Kier alpha value is -1.64. The molecule has 0 saturated heterocycles. The number of halogens is 1. The van der Waals surface area contributed by atoms with E-state index in [0.29, 0.717) is 17.5 Å². The number of anilines is 1. The molecule has 0 aliphatic rings. The molecule has 0 aromatic heterocycles. The van der Waals surface area contributed by atoms with Crippen molar-refractivity contribution in [3.8, 4) is 0 Å². The van der Waals surface area contributed by atoms with Crippen molar-refractivity contribution in [3.63, 3.8) is 0 Å². The molecule has 2 N–H and O–H groups in total. The fourth-order valence-corrected chi connectivity index (χ4v) is 0.990. The van der Waals surface area contributed by atoms with Gasteiger partial charge in [0.15, 0.2) is 0 Å². The van der Waals surface area contributed by atoms with E-state index in [-0.39, 0.29) is 0 Å². The molecule has 1 aromatic carbocycles. The SMILES string of the molecule is Cc1cc(C=CC=O)c(F)cc1N. The molecular formula is C10H10FNO. The van der Waals surface area contributed by atoms with E-state index in [4.69, 9.17) is 5.73 Å². The summed E-state index contributed by atoms with van der Waals surface area (Å²) in [5.41, 5.74) is 7.07. The van der Waals surface area contributed by atoms with Crippen LogP contribution in [0.1, 0.15) is 11.1 Å². The molecule has 0 aliphatic carbocycles. The van der Waals surface area contributed by atoms with Crippen LogP contribution >= 0.6 is 0 Å². The topological polar surface area (TPSA) is 43.1 Å². The highest BCUT2D eigenvalue weighted by Gasteiger charge is 2.01. The number of nitrogen functional groups attached to an aromatic ring is 1. The standard InChI is InChI=1S/C10H10FNO/c1-7-5-8(3-2-4-13)9(11)6-10(7)12/h2-6H,12H2,1H3. The number of rotatable bonds is 2. The smallest absolute Gasteiger partial charge is 0.142 e. The quantitative estimate of drug-likeness (QED) is 0.428. The maximum absolute atomic E-state index is 13.1. The lowest BCUT2D eigenvalue weighted by Crippen LogP contribution is -1.93. The van der Waals surface area contributed by atoms with Gasteiger partial charge in [-0.1, -0.05) is 0 Å². The van der Waals surface area contributed by atoms with Gasteiger partial charge in [-0.05, 0) is 36.8 Å². The minimum atomic E-state index is -0.416. The summed E-state index contributed by atoms with van der Waals surface area (Å²) in [6, 6.07) is 2.85. The van der Waals surface area contributed by atoms with E-state index >= 15 is 0 Å². The Balaban J connectivity index is 3.15. The van der Waals surface area contributed by atoms with Crippen LogP contribution in [-0.2, 0) is 4.79 Å². The molecule has 68 valence electrons. The average molecular weight is 179 g/mol. The summed E-state index contributed by atoms with van der Waals surface area (Å²) < 4.78 is 13.1. The number of aryl methyl sites for hydroxylation is 1. The molecule has 0 saturated carbocycles. The van der Waals surface area contributed by atoms with Gasteiger partial charge in [-0.2, -0.15) is 0 Å². The summed E-state index contributed by atoms with van der Waals surface area (Å²) in [7, 11) is 0. The Morgan fingerprint density at radius 3 is 2.77 bits per heavy atom. The van der Waals surface area contributed by atoms with Crippen molar-refractivity contribution in [2.24, 2.45) is 0 Å². The number of nitrogens with two attached hydrogens (primary N) is 1. The molecule has 1 aromatic rings. The first-order valence-electron chi connectivity index (χ1n) is 3.82. The molecule has 0 unspecified atom stereocenters. The van der Waals surface area contributed by atoms with Crippen LogP contribution in [0, 0.1) is 12.7 Å². The molecule has 0 bridgehead atoms. The molecule has 0 fully saturated rings. The summed E-state index contributed by atoms with van der Waals surface area (Å²) >= 11 is 0.